The second kappa shape index (κ2) is 6.88. The lowest BCUT2D eigenvalue weighted by molar-refractivity contribution is 0.178. The maximum atomic E-state index is 10.5. The Hall–Kier alpha value is -1.64. The van der Waals surface area contributed by atoms with Crippen molar-refractivity contribution in [3.63, 3.8) is 0 Å². The molecule has 2 aromatic carbocycles. The van der Waals surface area contributed by atoms with E-state index in [0.717, 1.165) is 12.1 Å². The van der Waals surface area contributed by atoms with Crippen LogP contribution < -0.4 is 0 Å². The molecule has 1 atom stereocenters. The molecule has 0 saturated carbocycles. The molecule has 1 N–H and O–H groups in total. The summed E-state index contributed by atoms with van der Waals surface area (Å²) in [5.41, 5.74) is 6.12. The van der Waals surface area contributed by atoms with Gasteiger partial charge in [0, 0.05) is 13.0 Å². The Morgan fingerprint density at radius 2 is 1.71 bits per heavy atom. The average molecular weight is 283 g/mol. The van der Waals surface area contributed by atoms with E-state index in [9.17, 15) is 5.11 Å². The molecule has 0 bridgehead atoms. The Kier molecular flexibility index (Phi) is 5.16. The molecule has 0 spiro atoms. The van der Waals surface area contributed by atoms with Gasteiger partial charge < -0.3 is 10.0 Å². The third kappa shape index (κ3) is 4.16. The van der Waals surface area contributed by atoms with Crippen molar-refractivity contribution in [2.75, 3.05) is 14.1 Å². The van der Waals surface area contributed by atoms with Crippen molar-refractivity contribution in [2.45, 2.75) is 32.9 Å². The largest absolute Gasteiger partial charge is 0.388 e. The Labute approximate surface area is 128 Å². The van der Waals surface area contributed by atoms with E-state index in [1.54, 1.807) is 0 Å². The van der Waals surface area contributed by atoms with Crippen molar-refractivity contribution >= 4 is 0 Å². The maximum absolute atomic E-state index is 10.5. The van der Waals surface area contributed by atoms with Crippen LogP contribution in [-0.2, 0) is 13.0 Å². The Balaban J connectivity index is 2.30. The molecule has 2 rings (SSSR count). The number of aliphatic hydroxyl groups is 1. The predicted octanol–water partition coefficient (Wildman–Crippen LogP) is 3.64. The number of aliphatic hydroxyl groups excluding tert-OH is 1. The van der Waals surface area contributed by atoms with Crippen molar-refractivity contribution in [3.05, 3.63) is 70.3 Å². The number of aryl methyl sites for hydroxylation is 2. The molecule has 0 heterocycles. The Morgan fingerprint density at radius 1 is 1.05 bits per heavy atom. The summed E-state index contributed by atoms with van der Waals surface area (Å²) in [4.78, 5) is 2.18. The normalized spacial score (nSPS) is 12.7. The van der Waals surface area contributed by atoms with Gasteiger partial charge in [-0.2, -0.15) is 0 Å². The van der Waals surface area contributed by atoms with E-state index in [1.165, 1.54) is 22.3 Å². The maximum Gasteiger partial charge on any atom is 0.0830 e. The minimum atomic E-state index is -0.451. The zero-order chi connectivity index (χ0) is 15.4. The van der Waals surface area contributed by atoms with Gasteiger partial charge in [0.1, 0.15) is 0 Å². The minimum absolute atomic E-state index is 0.451. The second-order valence-electron chi connectivity index (χ2n) is 6.09. The van der Waals surface area contributed by atoms with E-state index in [4.69, 9.17) is 0 Å². The fourth-order valence-electron chi connectivity index (χ4n) is 2.81. The molecule has 0 radical (unpaired) electrons. The summed E-state index contributed by atoms with van der Waals surface area (Å²) in [5.74, 6) is 0. The molecule has 2 heteroatoms. The molecule has 0 amide bonds. The SMILES string of the molecule is Cc1cc(C)c(CN(C)C)c(CC(O)c2ccccc2)c1. The lowest BCUT2D eigenvalue weighted by atomic mass is 9.92. The first-order chi connectivity index (χ1) is 9.97. The van der Waals surface area contributed by atoms with Crippen LogP contribution in [0.3, 0.4) is 0 Å². The van der Waals surface area contributed by atoms with Crippen LogP contribution in [0.4, 0.5) is 0 Å². The molecule has 0 fully saturated rings. The van der Waals surface area contributed by atoms with Crippen molar-refractivity contribution in [3.8, 4) is 0 Å². The van der Waals surface area contributed by atoms with Gasteiger partial charge in [-0.3, -0.25) is 0 Å². The van der Waals surface area contributed by atoms with Crippen LogP contribution in [-0.4, -0.2) is 24.1 Å². The van der Waals surface area contributed by atoms with Gasteiger partial charge in [-0.05, 0) is 50.2 Å². The summed E-state index contributed by atoms with van der Waals surface area (Å²) in [6.45, 7) is 5.18. The van der Waals surface area contributed by atoms with Gasteiger partial charge in [-0.1, -0.05) is 48.0 Å². The third-order valence-corrected chi connectivity index (χ3v) is 3.78. The second-order valence-corrected chi connectivity index (χ2v) is 6.09. The molecule has 0 aliphatic carbocycles. The first-order valence-electron chi connectivity index (χ1n) is 7.44. The molecule has 0 aliphatic heterocycles. The highest BCUT2D eigenvalue weighted by molar-refractivity contribution is 5.39. The highest BCUT2D eigenvalue weighted by Gasteiger charge is 2.14. The van der Waals surface area contributed by atoms with E-state index in [0.29, 0.717) is 6.42 Å². The summed E-state index contributed by atoms with van der Waals surface area (Å²) < 4.78 is 0. The van der Waals surface area contributed by atoms with E-state index >= 15 is 0 Å². The average Bonchev–Trinajstić information content (AvgIpc) is 2.43. The summed E-state index contributed by atoms with van der Waals surface area (Å²) in [5, 5.41) is 10.5. The van der Waals surface area contributed by atoms with Crippen LogP contribution in [0.1, 0.15) is 33.9 Å². The summed E-state index contributed by atoms with van der Waals surface area (Å²) >= 11 is 0. The quantitative estimate of drug-likeness (QED) is 0.905. The lowest BCUT2D eigenvalue weighted by Gasteiger charge is -2.20. The van der Waals surface area contributed by atoms with Crippen LogP contribution in [0.5, 0.6) is 0 Å². The molecule has 21 heavy (non-hydrogen) atoms. The van der Waals surface area contributed by atoms with Crippen LogP contribution in [0.2, 0.25) is 0 Å². The van der Waals surface area contributed by atoms with Crippen molar-refractivity contribution in [2.24, 2.45) is 0 Å². The van der Waals surface area contributed by atoms with Crippen LogP contribution in [0, 0.1) is 13.8 Å². The fraction of sp³-hybridized carbons (Fsp3) is 0.368. The van der Waals surface area contributed by atoms with Crippen molar-refractivity contribution in [1.29, 1.82) is 0 Å². The van der Waals surface area contributed by atoms with Crippen molar-refractivity contribution < 1.29 is 5.11 Å². The lowest BCUT2D eigenvalue weighted by Crippen LogP contribution is -2.15. The Morgan fingerprint density at radius 3 is 2.33 bits per heavy atom. The number of benzene rings is 2. The van der Waals surface area contributed by atoms with E-state index in [-0.39, 0.29) is 0 Å². The molecule has 2 nitrogen and oxygen atoms in total. The zero-order valence-corrected chi connectivity index (χ0v) is 13.4. The monoisotopic (exact) mass is 283 g/mol. The number of nitrogens with zero attached hydrogens (tertiary/aromatic N) is 1. The minimum Gasteiger partial charge on any atom is -0.388 e. The first-order valence-corrected chi connectivity index (χ1v) is 7.44. The smallest absolute Gasteiger partial charge is 0.0830 e. The number of hydrogen-bond acceptors (Lipinski definition) is 2. The fourth-order valence-corrected chi connectivity index (χ4v) is 2.81. The van der Waals surface area contributed by atoms with E-state index in [2.05, 4.69) is 45.0 Å². The van der Waals surface area contributed by atoms with Gasteiger partial charge in [0.05, 0.1) is 6.10 Å². The summed E-state index contributed by atoms with van der Waals surface area (Å²) in [7, 11) is 4.16. The molecular weight excluding hydrogens is 258 g/mol. The van der Waals surface area contributed by atoms with Crippen molar-refractivity contribution in [1.82, 2.24) is 4.90 Å². The van der Waals surface area contributed by atoms with E-state index in [1.807, 2.05) is 30.3 Å². The number of rotatable bonds is 5. The Bertz CT molecular complexity index is 590. The van der Waals surface area contributed by atoms with E-state index < -0.39 is 6.10 Å². The topological polar surface area (TPSA) is 23.5 Å². The van der Waals surface area contributed by atoms with Gasteiger partial charge in [-0.15, -0.1) is 0 Å². The van der Waals surface area contributed by atoms with Gasteiger partial charge in [0.15, 0.2) is 0 Å². The molecule has 0 saturated heterocycles. The zero-order valence-electron chi connectivity index (χ0n) is 13.4. The highest BCUT2D eigenvalue weighted by Crippen LogP contribution is 2.24. The molecule has 0 aliphatic rings. The van der Waals surface area contributed by atoms with Crippen LogP contribution in [0.25, 0.3) is 0 Å². The van der Waals surface area contributed by atoms with Crippen LogP contribution >= 0.6 is 0 Å². The van der Waals surface area contributed by atoms with Gasteiger partial charge >= 0.3 is 0 Å². The standard InChI is InChI=1S/C19H25NO/c1-14-10-15(2)18(13-20(3)4)17(11-14)12-19(21)16-8-6-5-7-9-16/h5-11,19,21H,12-13H2,1-4H3. The van der Waals surface area contributed by atoms with Gasteiger partial charge in [-0.25, -0.2) is 0 Å². The molecule has 112 valence electrons. The van der Waals surface area contributed by atoms with Gasteiger partial charge in [0.25, 0.3) is 0 Å². The number of hydrogen-bond donors (Lipinski definition) is 1. The molecule has 2 aromatic rings. The predicted molar refractivity (Wildman–Crippen MR) is 88.4 cm³/mol. The molecular formula is C19H25NO. The third-order valence-electron chi connectivity index (χ3n) is 3.78. The van der Waals surface area contributed by atoms with Gasteiger partial charge in [0.2, 0.25) is 0 Å². The highest BCUT2D eigenvalue weighted by atomic mass is 16.3. The molecule has 0 aromatic heterocycles. The summed E-state index contributed by atoms with van der Waals surface area (Å²) in [6.07, 6.45) is 0.212. The summed E-state index contributed by atoms with van der Waals surface area (Å²) in [6, 6.07) is 14.3. The molecule has 1 unspecified atom stereocenters. The first kappa shape index (κ1) is 15.7. The van der Waals surface area contributed by atoms with Crippen LogP contribution in [0.15, 0.2) is 42.5 Å².